The van der Waals surface area contributed by atoms with Crippen LogP contribution in [0, 0.1) is 0 Å². The number of nitrogens with zero attached hydrogens (tertiary/aromatic N) is 1. The van der Waals surface area contributed by atoms with Gasteiger partial charge in [0.2, 0.25) is 0 Å². The minimum atomic E-state index is -0.305. The van der Waals surface area contributed by atoms with Crippen LogP contribution >= 0.6 is 23.2 Å². The highest BCUT2D eigenvalue weighted by Gasteiger charge is 2.42. The summed E-state index contributed by atoms with van der Waals surface area (Å²) in [5.41, 5.74) is 0.493. The fourth-order valence-electron chi connectivity index (χ4n) is 3.45. The number of hydrogen-bond donors (Lipinski definition) is 2. The van der Waals surface area contributed by atoms with Gasteiger partial charge < -0.3 is 20.1 Å². The van der Waals surface area contributed by atoms with E-state index in [0.717, 1.165) is 12.8 Å². The lowest BCUT2D eigenvalue weighted by Crippen LogP contribution is -2.49. The summed E-state index contributed by atoms with van der Waals surface area (Å²) in [6.07, 6.45) is 2.85. The van der Waals surface area contributed by atoms with Crippen LogP contribution in [0.2, 0.25) is 10.0 Å². The Balaban J connectivity index is 1.79. The van der Waals surface area contributed by atoms with E-state index >= 15 is 0 Å². The standard InChI is InChI=1S/C15H18Cl2N2O3/c1-22-14-7-12(17)11(16)6-13(14)18-15(21)19-8-2-3-9(19)5-10(20)4-8/h6-10,20H,2-5H2,1H3,(H,18,21)/t8-,9-/m0/s1. The largest absolute Gasteiger partial charge is 0.495 e. The molecule has 0 aliphatic carbocycles. The van der Waals surface area contributed by atoms with Crippen LogP contribution in [-0.2, 0) is 0 Å². The summed E-state index contributed by atoms with van der Waals surface area (Å²) in [4.78, 5) is 14.4. The lowest BCUT2D eigenvalue weighted by molar-refractivity contribution is 0.0580. The molecule has 2 bridgehead atoms. The monoisotopic (exact) mass is 344 g/mol. The molecule has 120 valence electrons. The molecule has 2 aliphatic rings. The van der Waals surface area contributed by atoms with Gasteiger partial charge in [0.05, 0.1) is 28.9 Å². The van der Waals surface area contributed by atoms with E-state index < -0.39 is 0 Å². The molecular weight excluding hydrogens is 327 g/mol. The first kappa shape index (κ1) is 15.7. The van der Waals surface area contributed by atoms with E-state index in [9.17, 15) is 9.90 Å². The third kappa shape index (κ3) is 2.85. The summed E-state index contributed by atoms with van der Waals surface area (Å²) in [5, 5.41) is 13.4. The minimum Gasteiger partial charge on any atom is -0.495 e. The molecular formula is C15H18Cl2N2O3. The number of hydrogen-bond acceptors (Lipinski definition) is 3. The number of methoxy groups -OCH3 is 1. The van der Waals surface area contributed by atoms with E-state index in [1.54, 1.807) is 12.1 Å². The van der Waals surface area contributed by atoms with E-state index in [4.69, 9.17) is 27.9 Å². The van der Waals surface area contributed by atoms with E-state index in [-0.39, 0.29) is 24.2 Å². The zero-order valence-corrected chi connectivity index (χ0v) is 13.7. The number of benzene rings is 1. The molecule has 5 nitrogen and oxygen atoms in total. The molecule has 22 heavy (non-hydrogen) atoms. The molecule has 2 fully saturated rings. The number of aliphatic hydroxyl groups is 1. The van der Waals surface area contributed by atoms with Crippen molar-refractivity contribution in [2.45, 2.75) is 43.9 Å². The predicted molar refractivity (Wildman–Crippen MR) is 85.9 cm³/mol. The van der Waals surface area contributed by atoms with Crippen molar-refractivity contribution >= 4 is 34.9 Å². The van der Waals surface area contributed by atoms with Gasteiger partial charge in [0.25, 0.3) is 0 Å². The molecule has 2 heterocycles. The third-order valence-electron chi connectivity index (χ3n) is 4.43. The number of aliphatic hydroxyl groups excluding tert-OH is 1. The molecule has 0 radical (unpaired) electrons. The third-order valence-corrected chi connectivity index (χ3v) is 5.15. The van der Waals surface area contributed by atoms with Crippen LogP contribution in [0.5, 0.6) is 5.75 Å². The average molecular weight is 345 g/mol. The van der Waals surface area contributed by atoms with Gasteiger partial charge in [0.15, 0.2) is 0 Å². The van der Waals surface area contributed by atoms with Crippen LogP contribution in [0.4, 0.5) is 10.5 Å². The molecule has 7 heteroatoms. The summed E-state index contributed by atoms with van der Waals surface area (Å²) in [6.45, 7) is 0. The van der Waals surface area contributed by atoms with Gasteiger partial charge in [-0.3, -0.25) is 0 Å². The van der Waals surface area contributed by atoms with Crippen molar-refractivity contribution in [1.29, 1.82) is 0 Å². The van der Waals surface area contributed by atoms with Gasteiger partial charge >= 0.3 is 6.03 Å². The van der Waals surface area contributed by atoms with Crippen LogP contribution in [0.1, 0.15) is 25.7 Å². The van der Waals surface area contributed by atoms with Crippen molar-refractivity contribution in [3.05, 3.63) is 22.2 Å². The fraction of sp³-hybridized carbons (Fsp3) is 0.533. The van der Waals surface area contributed by atoms with Gasteiger partial charge in [-0.25, -0.2) is 4.79 Å². The molecule has 0 saturated carbocycles. The number of carbonyl (C=O) groups is 1. The maximum atomic E-state index is 12.6. The van der Waals surface area contributed by atoms with Crippen molar-refractivity contribution in [2.24, 2.45) is 0 Å². The summed E-state index contributed by atoms with van der Waals surface area (Å²) >= 11 is 12.0. The van der Waals surface area contributed by atoms with Gasteiger partial charge in [-0.2, -0.15) is 0 Å². The first-order valence-electron chi connectivity index (χ1n) is 7.30. The molecule has 2 amide bonds. The lowest BCUT2D eigenvalue weighted by Gasteiger charge is -2.37. The lowest BCUT2D eigenvalue weighted by atomic mass is 10.0. The summed E-state index contributed by atoms with van der Waals surface area (Å²) < 4.78 is 5.24. The van der Waals surface area contributed by atoms with Crippen LogP contribution in [0.25, 0.3) is 0 Å². The predicted octanol–water partition coefficient (Wildman–Crippen LogP) is 3.52. The highest BCUT2D eigenvalue weighted by Crippen LogP contribution is 2.38. The molecule has 1 aromatic rings. The molecule has 2 aliphatic heterocycles. The van der Waals surface area contributed by atoms with Gasteiger partial charge in [0.1, 0.15) is 5.75 Å². The summed E-state index contributed by atoms with van der Waals surface area (Å²) in [7, 11) is 1.51. The molecule has 0 unspecified atom stereocenters. The van der Waals surface area contributed by atoms with Gasteiger partial charge in [-0.05, 0) is 31.7 Å². The molecule has 1 aromatic carbocycles. The zero-order chi connectivity index (χ0) is 15.9. The van der Waals surface area contributed by atoms with Crippen molar-refractivity contribution < 1.29 is 14.6 Å². The Morgan fingerprint density at radius 3 is 2.45 bits per heavy atom. The Kier molecular flexibility index (Phi) is 4.39. The van der Waals surface area contributed by atoms with E-state index in [2.05, 4.69) is 5.32 Å². The smallest absolute Gasteiger partial charge is 0.322 e. The highest BCUT2D eigenvalue weighted by atomic mass is 35.5. The van der Waals surface area contributed by atoms with Crippen molar-refractivity contribution in [2.75, 3.05) is 12.4 Å². The number of nitrogens with one attached hydrogen (secondary N) is 1. The zero-order valence-electron chi connectivity index (χ0n) is 12.2. The molecule has 3 rings (SSSR count). The molecule has 2 saturated heterocycles. The number of piperidine rings is 1. The number of halogens is 2. The summed E-state index contributed by atoms with van der Waals surface area (Å²) in [6, 6.07) is 3.18. The van der Waals surface area contributed by atoms with Crippen molar-refractivity contribution in [1.82, 2.24) is 4.90 Å². The van der Waals surface area contributed by atoms with Gasteiger partial charge in [-0.15, -0.1) is 0 Å². The van der Waals surface area contributed by atoms with Crippen molar-refractivity contribution in [3.63, 3.8) is 0 Å². The maximum absolute atomic E-state index is 12.6. The van der Waals surface area contributed by atoms with Crippen LogP contribution < -0.4 is 10.1 Å². The molecule has 2 atom stereocenters. The number of carbonyl (C=O) groups excluding carboxylic acids is 1. The second-order valence-electron chi connectivity index (χ2n) is 5.81. The fourth-order valence-corrected chi connectivity index (χ4v) is 3.77. The number of rotatable bonds is 2. The molecule has 2 N–H and O–H groups in total. The van der Waals surface area contributed by atoms with E-state index in [0.29, 0.717) is 34.3 Å². The number of ether oxygens (including phenoxy) is 1. The Morgan fingerprint density at radius 2 is 1.86 bits per heavy atom. The Bertz CT molecular complexity index is 582. The van der Waals surface area contributed by atoms with E-state index in [1.807, 2.05) is 4.90 Å². The van der Waals surface area contributed by atoms with E-state index in [1.165, 1.54) is 7.11 Å². The van der Waals surface area contributed by atoms with Crippen molar-refractivity contribution in [3.8, 4) is 5.75 Å². The quantitative estimate of drug-likeness (QED) is 0.862. The molecule has 0 spiro atoms. The number of urea groups is 1. The minimum absolute atomic E-state index is 0.0996. The van der Waals surface area contributed by atoms with Crippen LogP contribution in [0.3, 0.4) is 0 Å². The maximum Gasteiger partial charge on any atom is 0.322 e. The Labute approximate surface area is 139 Å². The number of anilines is 1. The molecule has 0 aromatic heterocycles. The average Bonchev–Trinajstić information content (AvgIpc) is 2.75. The first-order chi connectivity index (χ1) is 10.5. The summed E-state index contributed by atoms with van der Waals surface area (Å²) in [5.74, 6) is 0.465. The first-order valence-corrected chi connectivity index (χ1v) is 8.05. The highest BCUT2D eigenvalue weighted by molar-refractivity contribution is 6.42. The second-order valence-corrected chi connectivity index (χ2v) is 6.63. The van der Waals surface area contributed by atoms with Crippen LogP contribution in [0.15, 0.2) is 12.1 Å². The number of fused-ring (bicyclic) bond motifs is 2. The number of amides is 2. The second kappa shape index (κ2) is 6.14. The van der Waals surface area contributed by atoms with Gasteiger partial charge in [-0.1, -0.05) is 23.2 Å². The Hall–Kier alpha value is -1.17. The SMILES string of the molecule is COc1cc(Cl)c(Cl)cc1NC(=O)N1[C@H]2CC[C@H]1CC(O)C2. The Morgan fingerprint density at radius 1 is 1.27 bits per heavy atom. The normalized spacial score (nSPS) is 26.9. The topological polar surface area (TPSA) is 61.8 Å². The van der Waals surface area contributed by atoms with Crippen LogP contribution in [-0.4, -0.2) is 41.3 Å². The van der Waals surface area contributed by atoms with Gasteiger partial charge in [0, 0.05) is 18.2 Å².